The minimum absolute atomic E-state index is 0.611. The number of rotatable bonds is 2. The summed E-state index contributed by atoms with van der Waals surface area (Å²) in [6.07, 6.45) is 3.50. The lowest BCUT2D eigenvalue weighted by atomic mass is 10.2. The Morgan fingerprint density at radius 3 is 3.07 bits per heavy atom. The Bertz CT molecular complexity index is 319. The van der Waals surface area contributed by atoms with Crippen molar-refractivity contribution < 1.29 is 0 Å². The Labute approximate surface area is 89.6 Å². The summed E-state index contributed by atoms with van der Waals surface area (Å²) in [6.45, 7) is 6.14. The van der Waals surface area contributed by atoms with Crippen LogP contribution >= 0.6 is 12.8 Å². The molecular weight excluding hydrogens is 196 g/mol. The number of aliphatic imine (C=N–C) groups is 2. The smallest absolute Gasteiger partial charge is 0.159 e. The number of thiol groups is 1. The fourth-order valence-electron chi connectivity index (χ4n) is 1.61. The van der Waals surface area contributed by atoms with Crippen molar-refractivity contribution in [1.82, 2.24) is 9.21 Å². The molecule has 0 N–H and O–H groups in total. The van der Waals surface area contributed by atoms with Crippen LogP contribution < -0.4 is 0 Å². The molecule has 2 rings (SSSR count). The zero-order valence-electron chi connectivity index (χ0n) is 8.38. The molecule has 5 heteroatoms. The van der Waals surface area contributed by atoms with Crippen LogP contribution in [0.4, 0.5) is 0 Å². The molecule has 0 amide bonds. The van der Waals surface area contributed by atoms with Crippen LogP contribution in [0.1, 0.15) is 13.8 Å². The number of fused-ring (bicyclic) bond motifs is 1. The van der Waals surface area contributed by atoms with Crippen molar-refractivity contribution in [3.8, 4) is 0 Å². The third-order valence-electron chi connectivity index (χ3n) is 2.08. The molecule has 0 spiro atoms. The summed E-state index contributed by atoms with van der Waals surface area (Å²) in [5.74, 6) is 1.59. The van der Waals surface area contributed by atoms with Crippen molar-refractivity contribution in [3.05, 3.63) is 11.9 Å². The SMILES string of the molecule is CC(C)CN1CN(S)C=C2N=CN=C21. The van der Waals surface area contributed by atoms with Crippen LogP contribution in [0.3, 0.4) is 0 Å². The monoisotopic (exact) mass is 210 g/mol. The van der Waals surface area contributed by atoms with E-state index in [0.717, 1.165) is 24.7 Å². The molecule has 0 saturated carbocycles. The Kier molecular flexibility index (Phi) is 2.50. The molecule has 0 fully saturated rings. The van der Waals surface area contributed by atoms with E-state index in [9.17, 15) is 0 Å². The molecular formula is C9H14N4S. The van der Waals surface area contributed by atoms with E-state index >= 15 is 0 Å². The van der Waals surface area contributed by atoms with E-state index in [1.807, 2.05) is 10.5 Å². The quantitative estimate of drug-likeness (QED) is 0.697. The lowest BCUT2D eigenvalue weighted by molar-refractivity contribution is 0.300. The fraction of sp³-hybridized carbons (Fsp3) is 0.556. The van der Waals surface area contributed by atoms with Crippen molar-refractivity contribution in [2.45, 2.75) is 13.8 Å². The van der Waals surface area contributed by atoms with E-state index < -0.39 is 0 Å². The van der Waals surface area contributed by atoms with E-state index in [0.29, 0.717) is 5.92 Å². The Morgan fingerprint density at radius 1 is 1.57 bits per heavy atom. The molecule has 0 aromatic rings. The van der Waals surface area contributed by atoms with Crippen LogP contribution in [-0.4, -0.2) is 34.6 Å². The van der Waals surface area contributed by atoms with Crippen LogP contribution in [0.2, 0.25) is 0 Å². The van der Waals surface area contributed by atoms with Gasteiger partial charge in [0.25, 0.3) is 0 Å². The Balaban J connectivity index is 2.17. The van der Waals surface area contributed by atoms with E-state index in [1.54, 1.807) is 6.34 Å². The third kappa shape index (κ3) is 1.77. The van der Waals surface area contributed by atoms with E-state index in [-0.39, 0.29) is 0 Å². The van der Waals surface area contributed by atoms with Gasteiger partial charge in [-0.1, -0.05) is 26.7 Å². The van der Waals surface area contributed by atoms with Crippen LogP contribution in [0.25, 0.3) is 0 Å². The first kappa shape index (κ1) is 9.58. The summed E-state index contributed by atoms with van der Waals surface area (Å²) in [7, 11) is 0. The predicted molar refractivity (Wildman–Crippen MR) is 61.2 cm³/mol. The highest BCUT2D eigenvalue weighted by Crippen LogP contribution is 2.19. The van der Waals surface area contributed by atoms with Crippen LogP contribution in [-0.2, 0) is 0 Å². The molecule has 2 aliphatic rings. The van der Waals surface area contributed by atoms with Crippen molar-refractivity contribution in [1.29, 1.82) is 0 Å². The highest BCUT2D eigenvalue weighted by molar-refractivity contribution is 7.77. The molecule has 2 heterocycles. The maximum absolute atomic E-state index is 4.31. The topological polar surface area (TPSA) is 31.2 Å². The molecule has 0 aromatic heterocycles. The summed E-state index contributed by atoms with van der Waals surface area (Å²) in [5.41, 5.74) is 0.909. The summed E-state index contributed by atoms with van der Waals surface area (Å²) in [5, 5.41) is 0. The summed E-state index contributed by atoms with van der Waals surface area (Å²) in [6, 6.07) is 0. The van der Waals surface area contributed by atoms with Crippen LogP contribution in [0, 0.1) is 5.92 Å². The van der Waals surface area contributed by atoms with E-state index in [1.165, 1.54) is 0 Å². The molecule has 0 radical (unpaired) electrons. The van der Waals surface area contributed by atoms with Gasteiger partial charge in [-0.3, -0.25) is 0 Å². The van der Waals surface area contributed by atoms with Gasteiger partial charge >= 0.3 is 0 Å². The van der Waals surface area contributed by atoms with Gasteiger partial charge < -0.3 is 9.21 Å². The van der Waals surface area contributed by atoms with Crippen molar-refractivity contribution in [2.75, 3.05) is 13.2 Å². The van der Waals surface area contributed by atoms with E-state index in [4.69, 9.17) is 0 Å². The van der Waals surface area contributed by atoms with Gasteiger partial charge in [0, 0.05) is 12.7 Å². The first-order valence-corrected chi connectivity index (χ1v) is 5.10. The molecule has 76 valence electrons. The van der Waals surface area contributed by atoms with Gasteiger partial charge in [-0.05, 0) is 5.92 Å². The Morgan fingerprint density at radius 2 is 2.36 bits per heavy atom. The van der Waals surface area contributed by atoms with Gasteiger partial charge in [0.05, 0.1) is 0 Å². The highest BCUT2D eigenvalue weighted by atomic mass is 32.1. The lowest BCUT2D eigenvalue weighted by Crippen LogP contribution is -2.42. The fourth-order valence-corrected chi connectivity index (χ4v) is 1.88. The molecule has 14 heavy (non-hydrogen) atoms. The predicted octanol–water partition coefficient (Wildman–Crippen LogP) is 1.34. The molecule has 0 aliphatic carbocycles. The molecule has 2 aliphatic heterocycles. The average Bonchev–Trinajstić information content (AvgIpc) is 2.50. The summed E-state index contributed by atoms with van der Waals surface area (Å²) < 4.78 is 1.83. The zero-order chi connectivity index (χ0) is 10.1. The second-order valence-electron chi connectivity index (χ2n) is 3.91. The van der Waals surface area contributed by atoms with E-state index in [2.05, 4.69) is 41.5 Å². The van der Waals surface area contributed by atoms with Crippen LogP contribution in [0.5, 0.6) is 0 Å². The van der Waals surface area contributed by atoms with Crippen molar-refractivity contribution in [2.24, 2.45) is 15.9 Å². The minimum atomic E-state index is 0.611. The highest BCUT2D eigenvalue weighted by Gasteiger charge is 2.24. The summed E-state index contributed by atoms with van der Waals surface area (Å²) in [4.78, 5) is 10.6. The van der Waals surface area contributed by atoms with Gasteiger partial charge in [-0.15, -0.1) is 0 Å². The van der Waals surface area contributed by atoms with Gasteiger partial charge in [0.2, 0.25) is 0 Å². The third-order valence-corrected chi connectivity index (χ3v) is 2.32. The van der Waals surface area contributed by atoms with Crippen molar-refractivity contribution >= 4 is 25.0 Å². The second-order valence-corrected chi connectivity index (χ2v) is 4.42. The largest absolute Gasteiger partial charge is 0.336 e. The van der Waals surface area contributed by atoms with Crippen LogP contribution in [0.15, 0.2) is 21.9 Å². The van der Waals surface area contributed by atoms with Gasteiger partial charge in [-0.25, -0.2) is 9.98 Å². The molecule has 0 atom stereocenters. The maximum Gasteiger partial charge on any atom is 0.159 e. The number of hydrogen-bond donors (Lipinski definition) is 1. The van der Waals surface area contributed by atoms with Crippen molar-refractivity contribution in [3.63, 3.8) is 0 Å². The van der Waals surface area contributed by atoms with Gasteiger partial charge in [-0.2, -0.15) is 0 Å². The Hall–Kier alpha value is -0.970. The molecule has 0 unspecified atom stereocenters. The minimum Gasteiger partial charge on any atom is -0.336 e. The normalized spacial score (nSPS) is 20.0. The maximum atomic E-state index is 4.31. The van der Waals surface area contributed by atoms with Gasteiger partial charge in [0.15, 0.2) is 5.84 Å². The molecule has 0 saturated heterocycles. The molecule has 0 bridgehead atoms. The first-order chi connectivity index (χ1) is 6.66. The summed E-state index contributed by atoms with van der Waals surface area (Å²) >= 11 is 4.31. The average molecular weight is 210 g/mol. The second kappa shape index (κ2) is 3.65. The molecule has 4 nitrogen and oxygen atoms in total. The van der Waals surface area contributed by atoms with Gasteiger partial charge in [0.1, 0.15) is 18.7 Å². The number of nitrogens with zero attached hydrogens (tertiary/aromatic N) is 4. The number of hydrogen-bond acceptors (Lipinski definition) is 5. The number of amidine groups is 1. The molecule has 0 aromatic carbocycles. The first-order valence-electron chi connectivity index (χ1n) is 4.70. The lowest BCUT2D eigenvalue weighted by Gasteiger charge is -2.33. The zero-order valence-corrected chi connectivity index (χ0v) is 9.28. The standard InChI is InChI=1S/C9H14N4S/c1-7(2)3-12-6-13(14)4-8-9(12)11-5-10-8/h4-5,7,14H,3,6H2,1-2H3.